The van der Waals surface area contributed by atoms with Gasteiger partial charge in [-0.2, -0.15) is 0 Å². The Hall–Kier alpha value is -0.330. The van der Waals surface area contributed by atoms with Crippen LogP contribution in [0.4, 0.5) is 0 Å². The highest BCUT2D eigenvalue weighted by Gasteiger charge is 2.13. The summed E-state index contributed by atoms with van der Waals surface area (Å²) in [6, 6.07) is 0. The summed E-state index contributed by atoms with van der Waals surface area (Å²) in [5.41, 5.74) is 0. The van der Waals surface area contributed by atoms with E-state index in [-0.39, 0.29) is 0 Å². The molecule has 0 bridgehead atoms. The third kappa shape index (κ3) is 4.78. The van der Waals surface area contributed by atoms with E-state index in [0.29, 0.717) is 11.7 Å². The van der Waals surface area contributed by atoms with Gasteiger partial charge in [0.1, 0.15) is 5.78 Å². The van der Waals surface area contributed by atoms with Crippen molar-refractivity contribution in [2.75, 3.05) is 0 Å². The average molecular weight is 196 g/mol. The first-order valence-electron chi connectivity index (χ1n) is 6.34. The fourth-order valence-corrected chi connectivity index (χ4v) is 2.39. The molecule has 1 nitrogen and oxygen atoms in total. The lowest BCUT2D eigenvalue weighted by atomic mass is 9.91. The summed E-state index contributed by atoms with van der Waals surface area (Å²) in [6.45, 7) is 1.98. The zero-order valence-corrected chi connectivity index (χ0v) is 9.56. The molecule has 14 heavy (non-hydrogen) atoms. The molecule has 1 heteroatoms. The van der Waals surface area contributed by atoms with Crippen molar-refractivity contribution in [2.45, 2.75) is 71.1 Å². The number of ketones is 1. The van der Waals surface area contributed by atoms with Crippen LogP contribution in [0, 0.1) is 5.92 Å². The van der Waals surface area contributed by atoms with E-state index in [0.717, 1.165) is 12.8 Å². The van der Waals surface area contributed by atoms with Crippen molar-refractivity contribution in [3.63, 3.8) is 0 Å². The normalized spacial score (nSPS) is 20.9. The van der Waals surface area contributed by atoms with Crippen molar-refractivity contribution in [1.29, 1.82) is 0 Å². The van der Waals surface area contributed by atoms with E-state index in [1.165, 1.54) is 51.4 Å². The van der Waals surface area contributed by atoms with E-state index in [9.17, 15) is 4.79 Å². The van der Waals surface area contributed by atoms with Gasteiger partial charge in [0.2, 0.25) is 0 Å². The Morgan fingerprint density at radius 1 is 1.00 bits per heavy atom. The quantitative estimate of drug-likeness (QED) is 0.664. The third-order valence-corrected chi connectivity index (χ3v) is 3.39. The van der Waals surface area contributed by atoms with Gasteiger partial charge in [-0.15, -0.1) is 0 Å². The Morgan fingerprint density at radius 2 is 1.50 bits per heavy atom. The number of hydrogen-bond acceptors (Lipinski definition) is 1. The van der Waals surface area contributed by atoms with E-state index in [1.807, 2.05) is 6.92 Å². The molecule has 1 aliphatic carbocycles. The molecular formula is C13H24O. The lowest BCUT2D eigenvalue weighted by Crippen LogP contribution is -2.07. The molecular weight excluding hydrogens is 172 g/mol. The zero-order valence-electron chi connectivity index (χ0n) is 9.56. The number of carbonyl (C=O) groups is 1. The Balaban J connectivity index is 2.28. The zero-order chi connectivity index (χ0) is 10.2. The van der Waals surface area contributed by atoms with Gasteiger partial charge in [0, 0.05) is 12.8 Å². The minimum Gasteiger partial charge on any atom is -0.300 e. The Bertz CT molecular complexity index is 153. The largest absolute Gasteiger partial charge is 0.300 e. The molecule has 0 aromatic heterocycles. The molecule has 0 radical (unpaired) electrons. The van der Waals surface area contributed by atoms with Crippen LogP contribution in [0.15, 0.2) is 0 Å². The molecule has 0 saturated heterocycles. The van der Waals surface area contributed by atoms with E-state index >= 15 is 0 Å². The molecule has 0 amide bonds. The first-order chi connectivity index (χ1) is 6.83. The summed E-state index contributed by atoms with van der Waals surface area (Å²) in [5.74, 6) is 1.18. The van der Waals surface area contributed by atoms with Crippen LogP contribution in [0.3, 0.4) is 0 Å². The monoisotopic (exact) mass is 196 g/mol. The molecule has 0 heterocycles. The second-order valence-corrected chi connectivity index (χ2v) is 4.66. The predicted octanol–water partition coefficient (Wildman–Crippen LogP) is 4.11. The number of hydrogen-bond donors (Lipinski definition) is 0. The molecule has 0 aromatic carbocycles. The van der Waals surface area contributed by atoms with Crippen molar-refractivity contribution in [1.82, 2.24) is 0 Å². The summed E-state index contributed by atoms with van der Waals surface area (Å²) in [6.07, 6.45) is 12.5. The molecule has 0 atom stereocenters. The molecule has 0 aliphatic heterocycles. The van der Waals surface area contributed by atoms with E-state index in [2.05, 4.69) is 0 Å². The maximum atomic E-state index is 11.4. The van der Waals surface area contributed by atoms with Gasteiger partial charge in [-0.05, 0) is 5.92 Å². The summed E-state index contributed by atoms with van der Waals surface area (Å²) in [7, 11) is 0. The highest BCUT2D eigenvalue weighted by Crippen LogP contribution is 2.24. The average Bonchev–Trinajstić information content (AvgIpc) is 2.31. The maximum Gasteiger partial charge on any atom is 0.132 e. The molecule has 1 rings (SSSR count). The van der Waals surface area contributed by atoms with Crippen LogP contribution < -0.4 is 0 Å². The van der Waals surface area contributed by atoms with Crippen LogP contribution in [0.5, 0.6) is 0 Å². The molecule has 0 unspecified atom stereocenters. The van der Waals surface area contributed by atoms with E-state index in [4.69, 9.17) is 0 Å². The van der Waals surface area contributed by atoms with Gasteiger partial charge < -0.3 is 0 Å². The minimum absolute atomic E-state index is 0.467. The van der Waals surface area contributed by atoms with Gasteiger partial charge in [0.15, 0.2) is 0 Å². The third-order valence-electron chi connectivity index (χ3n) is 3.39. The van der Waals surface area contributed by atoms with Gasteiger partial charge >= 0.3 is 0 Å². The van der Waals surface area contributed by atoms with Crippen molar-refractivity contribution < 1.29 is 4.79 Å². The van der Waals surface area contributed by atoms with E-state index < -0.39 is 0 Å². The number of carbonyl (C=O) groups excluding carboxylic acids is 1. The molecule has 1 aliphatic rings. The lowest BCUT2D eigenvalue weighted by Gasteiger charge is -2.14. The standard InChI is InChI=1S/C13H24O/c1-2-13(14)11-12-9-7-5-3-4-6-8-10-12/h12H,2-11H2,1H3. The Morgan fingerprint density at radius 3 is 2.00 bits per heavy atom. The topological polar surface area (TPSA) is 17.1 Å². The smallest absolute Gasteiger partial charge is 0.132 e. The number of rotatable bonds is 3. The Kier molecular flexibility index (Phi) is 5.89. The summed E-state index contributed by atoms with van der Waals surface area (Å²) in [4.78, 5) is 11.4. The SMILES string of the molecule is CCC(=O)CC1CCCCCCCC1. The van der Waals surface area contributed by atoms with E-state index in [1.54, 1.807) is 0 Å². The maximum absolute atomic E-state index is 11.4. The first kappa shape index (κ1) is 11.7. The highest BCUT2D eigenvalue weighted by molar-refractivity contribution is 5.78. The second-order valence-electron chi connectivity index (χ2n) is 4.66. The fourth-order valence-electron chi connectivity index (χ4n) is 2.39. The van der Waals surface area contributed by atoms with Crippen LogP contribution in [-0.4, -0.2) is 5.78 Å². The van der Waals surface area contributed by atoms with Crippen molar-refractivity contribution in [2.24, 2.45) is 5.92 Å². The molecule has 1 saturated carbocycles. The van der Waals surface area contributed by atoms with Gasteiger partial charge in [0.25, 0.3) is 0 Å². The second kappa shape index (κ2) is 7.03. The summed E-state index contributed by atoms with van der Waals surface area (Å²) in [5, 5.41) is 0. The lowest BCUT2D eigenvalue weighted by molar-refractivity contribution is -0.119. The Labute approximate surface area is 88.3 Å². The van der Waals surface area contributed by atoms with Crippen molar-refractivity contribution >= 4 is 5.78 Å². The van der Waals surface area contributed by atoms with Crippen molar-refractivity contribution in [3.8, 4) is 0 Å². The molecule has 0 spiro atoms. The summed E-state index contributed by atoms with van der Waals surface area (Å²) >= 11 is 0. The van der Waals surface area contributed by atoms with Gasteiger partial charge in [-0.3, -0.25) is 4.79 Å². The predicted molar refractivity (Wildman–Crippen MR) is 60.3 cm³/mol. The van der Waals surface area contributed by atoms with Crippen molar-refractivity contribution in [3.05, 3.63) is 0 Å². The number of Topliss-reactive ketones (excluding diaryl/α,β-unsaturated/α-hetero) is 1. The fraction of sp³-hybridized carbons (Fsp3) is 0.923. The molecule has 1 fully saturated rings. The molecule has 0 N–H and O–H groups in total. The summed E-state index contributed by atoms with van der Waals surface area (Å²) < 4.78 is 0. The van der Waals surface area contributed by atoms with Crippen LogP contribution in [0.2, 0.25) is 0 Å². The van der Waals surface area contributed by atoms with Crippen LogP contribution >= 0.6 is 0 Å². The molecule has 0 aromatic rings. The van der Waals surface area contributed by atoms with Crippen LogP contribution in [-0.2, 0) is 4.79 Å². The highest BCUT2D eigenvalue weighted by atomic mass is 16.1. The van der Waals surface area contributed by atoms with Crippen LogP contribution in [0.1, 0.15) is 71.1 Å². The first-order valence-corrected chi connectivity index (χ1v) is 6.34. The molecule has 82 valence electrons. The van der Waals surface area contributed by atoms with Crippen LogP contribution in [0.25, 0.3) is 0 Å². The van der Waals surface area contributed by atoms with Gasteiger partial charge in [-0.1, -0.05) is 58.3 Å². The minimum atomic E-state index is 0.467. The van der Waals surface area contributed by atoms with Gasteiger partial charge in [-0.25, -0.2) is 0 Å². The van der Waals surface area contributed by atoms with Gasteiger partial charge in [0.05, 0.1) is 0 Å².